The van der Waals surface area contributed by atoms with E-state index in [0.717, 1.165) is 16.0 Å². The monoisotopic (exact) mass is 349 g/mol. The molecular formula is C19H12FN3OS. The number of halogens is 1. The predicted octanol–water partition coefficient (Wildman–Crippen LogP) is 4.19. The van der Waals surface area contributed by atoms with Crippen LogP contribution in [0.15, 0.2) is 65.8 Å². The largest absolute Gasteiger partial charge is 0.281 e. The minimum Gasteiger partial charge on any atom is -0.266 e. The normalized spacial score (nSPS) is 10.6. The summed E-state index contributed by atoms with van der Waals surface area (Å²) in [6, 6.07) is 18.5. The third kappa shape index (κ3) is 4.16. The molecule has 3 rings (SSSR count). The Bertz CT molecular complexity index is 954. The molecule has 0 atom stereocenters. The highest BCUT2D eigenvalue weighted by Gasteiger charge is 2.09. The van der Waals surface area contributed by atoms with Gasteiger partial charge in [-0.1, -0.05) is 24.3 Å². The summed E-state index contributed by atoms with van der Waals surface area (Å²) < 4.78 is 13.0. The summed E-state index contributed by atoms with van der Waals surface area (Å²) in [6.45, 7) is 0. The van der Waals surface area contributed by atoms with E-state index in [0.29, 0.717) is 10.4 Å². The molecule has 0 bridgehead atoms. The number of rotatable bonds is 4. The highest BCUT2D eigenvalue weighted by Crippen LogP contribution is 2.28. The number of hydrogen-bond acceptors (Lipinski definition) is 4. The number of carbonyl (C=O) groups is 1. The zero-order valence-electron chi connectivity index (χ0n) is 12.9. The maximum Gasteiger partial charge on any atom is 0.281 e. The Balaban J connectivity index is 1.64. The molecule has 0 spiro atoms. The van der Waals surface area contributed by atoms with Gasteiger partial charge in [-0.2, -0.15) is 10.4 Å². The van der Waals surface area contributed by atoms with Gasteiger partial charge in [-0.15, -0.1) is 11.3 Å². The summed E-state index contributed by atoms with van der Waals surface area (Å²) in [7, 11) is 0. The molecule has 0 radical (unpaired) electrons. The van der Waals surface area contributed by atoms with E-state index in [2.05, 4.69) is 10.5 Å². The Hall–Kier alpha value is -3.30. The van der Waals surface area contributed by atoms with E-state index in [-0.39, 0.29) is 11.7 Å². The summed E-state index contributed by atoms with van der Waals surface area (Å²) in [5.41, 5.74) is 4.66. The summed E-state index contributed by atoms with van der Waals surface area (Å²) in [5, 5.41) is 12.7. The summed E-state index contributed by atoms with van der Waals surface area (Å²) >= 11 is 1.31. The fourth-order valence-electron chi connectivity index (χ4n) is 2.09. The highest BCUT2D eigenvalue weighted by atomic mass is 32.1. The van der Waals surface area contributed by atoms with Crippen LogP contribution in [0.2, 0.25) is 0 Å². The first-order valence-electron chi connectivity index (χ1n) is 7.35. The number of benzene rings is 2. The van der Waals surface area contributed by atoms with Crippen LogP contribution in [0.5, 0.6) is 0 Å². The van der Waals surface area contributed by atoms with Crippen molar-refractivity contribution in [3.05, 3.63) is 82.5 Å². The number of amides is 1. The third-order valence-electron chi connectivity index (χ3n) is 3.38. The average Bonchev–Trinajstić information content (AvgIpc) is 3.13. The number of nitrogens with one attached hydrogen (secondary N) is 1. The van der Waals surface area contributed by atoms with Crippen LogP contribution in [0, 0.1) is 17.1 Å². The zero-order chi connectivity index (χ0) is 17.6. The van der Waals surface area contributed by atoms with Gasteiger partial charge in [0.15, 0.2) is 0 Å². The van der Waals surface area contributed by atoms with Crippen molar-refractivity contribution in [2.45, 2.75) is 0 Å². The molecule has 0 aliphatic heterocycles. The molecule has 0 saturated heterocycles. The van der Waals surface area contributed by atoms with Gasteiger partial charge in [0, 0.05) is 4.88 Å². The molecule has 0 saturated carbocycles. The topological polar surface area (TPSA) is 65.2 Å². The van der Waals surface area contributed by atoms with Crippen LogP contribution < -0.4 is 5.43 Å². The second kappa shape index (κ2) is 7.51. The molecule has 0 aliphatic rings. The van der Waals surface area contributed by atoms with Crippen molar-refractivity contribution in [3.8, 4) is 16.5 Å². The van der Waals surface area contributed by atoms with Crippen molar-refractivity contribution in [1.82, 2.24) is 5.43 Å². The minimum atomic E-state index is -0.316. The van der Waals surface area contributed by atoms with Crippen LogP contribution in [0.3, 0.4) is 0 Å². The Morgan fingerprint density at radius 3 is 2.48 bits per heavy atom. The molecule has 6 heteroatoms. The van der Waals surface area contributed by atoms with E-state index in [1.165, 1.54) is 29.7 Å². The van der Waals surface area contributed by atoms with Crippen molar-refractivity contribution in [2.75, 3.05) is 0 Å². The average molecular weight is 349 g/mol. The molecule has 1 heterocycles. The molecule has 0 fully saturated rings. The number of thiophene rings is 1. The lowest BCUT2D eigenvalue weighted by molar-refractivity contribution is 0.0959. The molecule has 0 unspecified atom stereocenters. The quantitative estimate of drug-likeness (QED) is 0.567. The van der Waals surface area contributed by atoms with Gasteiger partial charge in [0.05, 0.1) is 22.7 Å². The van der Waals surface area contributed by atoms with Crippen molar-refractivity contribution in [3.63, 3.8) is 0 Å². The van der Waals surface area contributed by atoms with Crippen molar-refractivity contribution in [1.29, 1.82) is 5.26 Å². The first-order chi connectivity index (χ1) is 12.2. The Morgan fingerprint density at radius 1 is 1.08 bits per heavy atom. The fraction of sp³-hybridized carbons (Fsp3) is 0. The predicted molar refractivity (Wildman–Crippen MR) is 95.9 cm³/mol. The van der Waals surface area contributed by atoms with Crippen LogP contribution in [0.1, 0.15) is 20.8 Å². The lowest BCUT2D eigenvalue weighted by atomic mass is 10.2. The molecule has 4 nitrogen and oxygen atoms in total. The van der Waals surface area contributed by atoms with Crippen LogP contribution in [0.4, 0.5) is 4.39 Å². The maximum absolute atomic E-state index is 13.0. The van der Waals surface area contributed by atoms with Gasteiger partial charge in [0.1, 0.15) is 5.82 Å². The van der Waals surface area contributed by atoms with Gasteiger partial charge in [-0.3, -0.25) is 4.79 Å². The van der Waals surface area contributed by atoms with Crippen LogP contribution >= 0.6 is 11.3 Å². The number of nitriles is 1. The number of nitrogens with zero attached hydrogens (tertiary/aromatic N) is 2. The second-order valence-electron chi connectivity index (χ2n) is 5.10. The summed E-state index contributed by atoms with van der Waals surface area (Å²) in [4.78, 5) is 13.5. The van der Waals surface area contributed by atoms with Gasteiger partial charge in [-0.05, 0) is 47.5 Å². The smallest absolute Gasteiger partial charge is 0.266 e. The molecule has 2 aromatic carbocycles. The summed E-state index contributed by atoms with van der Waals surface area (Å²) in [6.07, 6.45) is 1.51. The molecule has 0 aliphatic carbocycles. The van der Waals surface area contributed by atoms with Crippen LogP contribution in [-0.2, 0) is 0 Å². The van der Waals surface area contributed by atoms with Gasteiger partial charge >= 0.3 is 0 Å². The molecule has 1 N–H and O–H groups in total. The Labute approximate surface area is 147 Å². The van der Waals surface area contributed by atoms with Gasteiger partial charge < -0.3 is 0 Å². The SMILES string of the molecule is N#Cc1ccc(/C=N\NC(=O)c2ccc(-c3ccc(F)cc3)s2)cc1. The number of carbonyl (C=O) groups excluding carboxylic acids is 1. The van der Waals surface area contributed by atoms with E-state index < -0.39 is 0 Å². The lowest BCUT2D eigenvalue weighted by Crippen LogP contribution is -2.16. The lowest BCUT2D eigenvalue weighted by Gasteiger charge is -1.97. The Morgan fingerprint density at radius 2 is 1.80 bits per heavy atom. The van der Waals surface area contributed by atoms with Gasteiger partial charge in [-0.25, -0.2) is 9.82 Å². The first-order valence-corrected chi connectivity index (χ1v) is 8.17. The molecular weight excluding hydrogens is 337 g/mol. The highest BCUT2D eigenvalue weighted by molar-refractivity contribution is 7.17. The molecule has 1 amide bonds. The number of hydrogen-bond donors (Lipinski definition) is 1. The second-order valence-corrected chi connectivity index (χ2v) is 6.19. The van der Waals surface area contributed by atoms with E-state index >= 15 is 0 Å². The third-order valence-corrected chi connectivity index (χ3v) is 4.51. The molecule has 122 valence electrons. The van der Waals surface area contributed by atoms with E-state index in [9.17, 15) is 9.18 Å². The minimum absolute atomic E-state index is 0.296. The first kappa shape index (κ1) is 16.6. The Kier molecular flexibility index (Phi) is 4.97. The van der Waals surface area contributed by atoms with E-state index in [4.69, 9.17) is 5.26 Å². The van der Waals surface area contributed by atoms with Crippen LogP contribution in [-0.4, -0.2) is 12.1 Å². The van der Waals surface area contributed by atoms with Crippen molar-refractivity contribution in [2.24, 2.45) is 5.10 Å². The number of hydrazone groups is 1. The zero-order valence-corrected chi connectivity index (χ0v) is 13.8. The van der Waals surface area contributed by atoms with Crippen molar-refractivity contribution < 1.29 is 9.18 Å². The van der Waals surface area contributed by atoms with E-state index in [1.807, 2.05) is 12.1 Å². The van der Waals surface area contributed by atoms with E-state index in [1.54, 1.807) is 42.5 Å². The maximum atomic E-state index is 13.0. The molecule has 3 aromatic rings. The fourth-order valence-corrected chi connectivity index (χ4v) is 2.99. The standard InChI is InChI=1S/C19H12FN3OS/c20-16-7-5-15(6-8-16)17-9-10-18(25-17)19(24)23-22-12-14-3-1-13(11-21)2-4-14/h1-10,12H,(H,23,24)/b22-12-. The molecule has 25 heavy (non-hydrogen) atoms. The van der Waals surface area contributed by atoms with Crippen LogP contribution in [0.25, 0.3) is 10.4 Å². The summed E-state index contributed by atoms with van der Waals surface area (Å²) in [5.74, 6) is -0.612. The van der Waals surface area contributed by atoms with Gasteiger partial charge in [0.2, 0.25) is 0 Å². The van der Waals surface area contributed by atoms with Gasteiger partial charge in [0.25, 0.3) is 5.91 Å². The molecule has 1 aromatic heterocycles. The van der Waals surface area contributed by atoms with Crippen molar-refractivity contribution >= 4 is 23.5 Å².